The predicted octanol–water partition coefficient (Wildman–Crippen LogP) is 3.68. The normalized spacial score (nSPS) is 17.8. The van der Waals surface area contributed by atoms with Gasteiger partial charge in [0.05, 0.1) is 10.7 Å². The van der Waals surface area contributed by atoms with Crippen molar-refractivity contribution in [1.82, 2.24) is 0 Å². The van der Waals surface area contributed by atoms with E-state index in [1.807, 2.05) is 37.3 Å². The van der Waals surface area contributed by atoms with E-state index >= 15 is 0 Å². The Labute approximate surface area is 132 Å². The van der Waals surface area contributed by atoms with Gasteiger partial charge in [-0.1, -0.05) is 24.3 Å². The summed E-state index contributed by atoms with van der Waals surface area (Å²) in [5.74, 6) is 0.397. The zero-order valence-corrected chi connectivity index (χ0v) is 12.7. The minimum absolute atomic E-state index is 0.0205. The lowest BCUT2D eigenvalue weighted by molar-refractivity contribution is -0.384. The van der Waals surface area contributed by atoms with Gasteiger partial charge in [0.2, 0.25) is 5.91 Å². The number of nitro groups is 1. The molecular formula is C16H14N2O3S. The third-order valence-corrected chi connectivity index (χ3v) is 4.73. The molecule has 1 aliphatic rings. The van der Waals surface area contributed by atoms with Crippen LogP contribution >= 0.6 is 11.8 Å². The molecule has 0 radical (unpaired) electrons. The van der Waals surface area contributed by atoms with Gasteiger partial charge in [0, 0.05) is 17.8 Å². The topological polar surface area (TPSA) is 63.5 Å². The molecule has 22 heavy (non-hydrogen) atoms. The van der Waals surface area contributed by atoms with Gasteiger partial charge in [-0.25, -0.2) is 0 Å². The minimum Gasteiger partial charge on any atom is -0.295 e. The van der Waals surface area contributed by atoms with E-state index in [4.69, 9.17) is 0 Å². The van der Waals surface area contributed by atoms with Crippen LogP contribution in [0, 0.1) is 17.0 Å². The quantitative estimate of drug-likeness (QED) is 0.640. The van der Waals surface area contributed by atoms with Gasteiger partial charge in [-0.05, 0) is 30.2 Å². The number of non-ortho nitro benzene ring substituents is 1. The molecule has 0 saturated carbocycles. The van der Waals surface area contributed by atoms with Gasteiger partial charge in [0.25, 0.3) is 5.69 Å². The monoisotopic (exact) mass is 314 g/mol. The fourth-order valence-electron chi connectivity index (χ4n) is 2.52. The summed E-state index contributed by atoms with van der Waals surface area (Å²) in [7, 11) is 0. The molecule has 1 aliphatic heterocycles. The van der Waals surface area contributed by atoms with Crippen LogP contribution in [0.3, 0.4) is 0 Å². The van der Waals surface area contributed by atoms with Crippen LogP contribution in [0.25, 0.3) is 0 Å². The van der Waals surface area contributed by atoms with Gasteiger partial charge in [0.1, 0.15) is 5.37 Å². The Hall–Kier alpha value is -2.34. The first-order valence-electron chi connectivity index (χ1n) is 6.81. The van der Waals surface area contributed by atoms with Crippen LogP contribution in [0.2, 0.25) is 0 Å². The largest absolute Gasteiger partial charge is 0.295 e. The molecule has 5 nitrogen and oxygen atoms in total. The summed E-state index contributed by atoms with van der Waals surface area (Å²) < 4.78 is 0. The van der Waals surface area contributed by atoms with E-state index in [1.165, 1.54) is 17.8 Å². The van der Waals surface area contributed by atoms with E-state index in [1.54, 1.807) is 17.0 Å². The molecule has 3 rings (SSSR count). The van der Waals surface area contributed by atoms with E-state index in [2.05, 4.69) is 0 Å². The Kier molecular flexibility index (Phi) is 3.85. The van der Waals surface area contributed by atoms with Gasteiger partial charge < -0.3 is 0 Å². The molecule has 1 atom stereocenters. The molecule has 0 spiro atoms. The highest BCUT2D eigenvalue weighted by Gasteiger charge is 2.34. The van der Waals surface area contributed by atoms with Gasteiger partial charge in [-0.15, -0.1) is 11.8 Å². The van der Waals surface area contributed by atoms with Crippen molar-refractivity contribution in [3.8, 4) is 0 Å². The SMILES string of the molecule is Cc1cccc(N2C(=O)CS[C@H]2c2cccc([N+](=O)[O-])c2)c1. The van der Waals surface area contributed by atoms with Crippen molar-refractivity contribution in [3.05, 3.63) is 69.8 Å². The average Bonchev–Trinajstić information content (AvgIpc) is 2.89. The first-order valence-corrected chi connectivity index (χ1v) is 7.86. The van der Waals surface area contributed by atoms with Crippen molar-refractivity contribution in [1.29, 1.82) is 0 Å². The molecule has 0 aliphatic carbocycles. The summed E-state index contributed by atoms with van der Waals surface area (Å²) in [5, 5.41) is 10.7. The fourth-order valence-corrected chi connectivity index (χ4v) is 3.69. The van der Waals surface area contributed by atoms with Gasteiger partial charge in [-0.2, -0.15) is 0 Å². The summed E-state index contributed by atoms with van der Waals surface area (Å²) in [6.07, 6.45) is 0. The van der Waals surface area contributed by atoms with Gasteiger partial charge in [0.15, 0.2) is 0 Å². The highest BCUT2D eigenvalue weighted by Crippen LogP contribution is 2.42. The first kappa shape index (κ1) is 14.6. The number of aryl methyl sites for hydroxylation is 1. The number of rotatable bonds is 3. The van der Waals surface area contributed by atoms with Crippen molar-refractivity contribution in [2.45, 2.75) is 12.3 Å². The van der Waals surface area contributed by atoms with Crippen LogP contribution in [0.4, 0.5) is 11.4 Å². The zero-order chi connectivity index (χ0) is 15.7. The fraction of sp³-hybridized carbons (Fsp3) is 0.188. The maximum atomic E-state index is 12.3. The lowest BCUT2D eigenvalue weighted by Crippen LogP contribution is -2.27. The molecule has 2 aromatic rings. The summed E-state index contributed by atoms with van der Waals surface area (Å²) in [6.45, 7) is 1.97. The molecule has 1 amide bonds. The maximum Gasteiger partial charge on any atom is 0.269 e. The molecule has 1 saturated heterocycles. The van der Waals surface area contributed by atoms with E-state index in [0.717, 1.165) is 16.8 Å². The Bertz CT molecular complexity index is 748. The van der Waals surface area contributed by atoms with Crippen molar-refractivity contribution in [3.63, 3.8) is 0 Å². The van der Waals surface area contributed by atoms with E-state index in [0.29, 0.717) is 5.75 Å². The molecule has 0 bridgehead atoms. The number of anilines is 1. The third-order valence-electron chi connectivity index (χ3n) is 3.51. The van der Waals surface area contributed by atoms with Crippen molar-refractivity contribution < 1.29 is 9.72 Å². The van der Waals surface area contributed by atoms with Crippen molar-refractivity contribution in [2.75, 3.05) is 10.7 Å². The van der Waals surface area contributed by atoms with Crippen LogP contribution in [0.1, 0.15) is 16.5 Å². The van der Waals surface area contributed by atoms with Gasteiger partial charge in [-0.3, -0.25) is 19.8 Å². The van der Waals surface area contributed by atoms with Crippen molar-refractivity contribution >= 4 is 29.0 Å². The number of hydrogen-bond donors (Lipinski definition) is 0. The number of carbonyl (C=O) groups excluding carboxylic acids is 1. The van der Waals surface area contributed by atoms with E-state index < -0.39 is 4.92 Å². The molecule has 112 valence electrons. The maximum absolute atomic E-state index is 12.3. The second-order valence-electron chi connectivity index (χ2n) is 5.12. The van der Waals surface area contributed by atoms with Crippen LogP contribution in [-0.2, 0) is 4.79 Å². The molecule has 0 N–H and O–H groups in total. The van der Waals surface area contributed by atoms with Crippen LogP contribution in [0.5, 0.6) is 0 Å². The molecule has 2 aromatic carbocycles. The number of nitrogens with zero attached hydrogens (tertiary/aromatic N) is 2. The second-order valence-corrected chi connectivity index (χ2v) is 6.19. The number of thioether (sulfide) groups is 1. The number of benzene rings is 2. The number of hydrogen-bond acceptors (Lipinski definition) is 4. The van der Waals surface area contributed by atoms with E-state index in [-0.39, 0.29) is 17.0 Å². The Balaban J connectivity index is 2.00. The Morgan fingerprint density at radius 2 is 2.00 bits per heavy atom. The Morgan fingerprint density at radius 1 is 1.23 bits per heavy atom. The van der Waals surface area contributed by atoms with Crippen molar-refractivity contribution in [2.24, 2.45) is 0 Å². The standard InChI is InChI=1S/C16H14N2O3S/c1-11-4-2-6-13(8-11)17-15(19)10-22-16(17)12-5-3-7-14(9-12)18(20)21/h2-9,16H,10H2,1H3/t16-/m0/s1. The van der Waals surface area contributed by atoms with Crippen LogP contribution in [-0.4, -0.2) is 16.6 Å². The third kappa shape index (κ3) is 2.69. The highest BCUT2D eigenvalue weighted by atomic mass is 32.2. The number of carbonyl (C=O) groups is 1. The first-order chi connectivity index (χ1) is 10.6. The van der Waals surface area contributed by atoms with Crippen LogP contribution < -0.4 is 4.90 Å². The lowest BCUT2D eigenvalue weighted by atomic mass is 10.1. The van der Waals surface area contributed by atoms with E-state index in [9.17, 15) is 14.9 Å². The summed E-state index contributed by atoms with van der Waals surface area (Å²) >= 11 is 1.49. The smallest absolute Gasteiger partial charge is 0.269 e. The molecule has 6 heteroatoms. The zero-order valence-electron chi connectivity index (χ0n) is 11.9. The summed E-state index contributed by atoms with van der Waals surface area (Å²) in [4.78, 5) is 24.5. The highest BCUT2D eigenvalue weighted by molar-refractivity contribution is 8.00. The Morgan fingerprint density at radius 3 is 2.73 bits per heavy atom. The summed E-state index contributed by atoms with van der Waals surface area (Å²) in [5.41, 5.74) is 2.71. The molecule has 0 unspecified atom stereocenters. The molecule has 1 heterocycles. The predicted molar refractivity (Wildman–Crippen MR) is 87.0 cm³/mol. The lowest BCUT2D eigenvalue weighted by Gasteiger charge is -2.24. The molecule has 1 fully saturated rings. The number of nitro benzene ring substituents is 1. The number of amides is 1. The average molecular weight is 314 g/mol. The molecular weight excluding hydrogens is 300 g/mol. The van der Waals surface area contributed by atoms with Crippen LogP contribution in [0.15, 0.2) is 48.5 Å². The second kappa shape index (κ2) is 5.81. The summed E-state index contributed by atoms with van der Waals surface area (Å²) in [6, 6.07) is 14.2. The van der Waals surface area contributed by atoms with Gasteiger partial charge >= 0.3 is 0 Å². The molecule has 0 aromatic heterocycles. The minimum atomic E-state index is -0.415.